The minimum absolute atomic E-state index is 0. The Hall–Kier alpha value is -0.530. The van der Waals surface area contributed by atoms with Crippen LogP contribution >= 0.6 is 12.4 Å². The summed E-state index contributed by atoms with van der Waals surface area (Å²) in [6.45, 7) is 2.15. The summed E-state index contributed by atoms with van der Waals surface area (Å²) in [4.78, 5) is 0. The van der Waals surface area contributed by atoms with Crippen LogP contribution in [0.2, 0.25) is 0 Å². The number of hydrogen-bond acceptors (Lipinski definition) is 1. The molecule has 2 rings (SSSR count). The Balaban J connectivity index is 0.00000112. The molecule has 1 fully saturated rings. The Kier molecular flexibility index (Phi) is 4.18. The van der Waals surface area contributed by atoms with Gasteiger partial charge in [0.15, 0.2) is 0 Å². The van der Waals surface area contributed by atoms with Crippen molar-refractivity contribution in [2.75, 3.05) is 0 Å². The van der Waals surface area contributed by atoms with E-state index >= 15 is 0 Å². The predicted molar refractivity (Wildman–Crippen MR) is 67.5 cm³/mol. The topological polar surface area (TPSA) is 26.0 Å². The average Bonchev–Trinajstić information content (AvgIpc) is 2.69. The summed E-state index contributed by atoms with van der Waals surface area (Å²) in [5, 5.41) is 0. The summed E-state index contributed by atoms with van der Waals surface area (Å²) in [7, 11) is 0. The van der Waals surface area contributed by atoms with Crippen LogP contribution in [-0.4, -0.2) is 6.04 Å². The Labute approximate surface area is 98.5 Å². The molecule has 0 saturated heterocycles. The Morgan fingerprint density at radius 1 is 1.13 bits per heavy atom. The first-order chi connectivity index (χ1) is 6.76. The highest BCUT2D eigenvalue weighted by Crippen LogP contribution is 2.42. The smallest absolute Gasteiger partial charge is 0.0108 e. The molecule has 2 N–H and O–H groups in total. The van der Waals surface area contributed by atoms with Crippen molar-refractivity contribution < 1.29 is 0 Å². The Bertz CT molecular complexity index is 289. The van der Waals surface area contributed by atoms with Gasteiger partial charge in [0.25, 0.3) is 0 Å². The molecule has 0 amide bonds. The van der Waals surface area contributed by atoms with Crippen molar-refractivity contribution in [2.45, 2.75) is 44.1 Å². The SMILES string of the molecule is CC(N)C1(c2ccccc2)CCCC1.Cl. The van der Waals surface area contributed by atoms with Gasteiger partial charge in [-0.25, -0.2) is 0 Å². The van der Waals surface area contributed by atoms with Crippen molar-refractivity contribution >= 4 is 12.4 Å². The van der Waals surface area contributed by atoms with Crippen LogP contribution in [0.15, 0.2) is 30.3 Å². The first-order valence-electron chi connectivity index (χ1n) is 5.57. The molecule has 1 aromatic rings. The lowest BCUT2D eigenvalue weighted by Crippen LogP contribution is -2.41. The van der Waals surface area contributed by atoms with Gasteiger partial charge in [0.2, 0.25) is 0 Å². The summed E-state index contributed by atoms with van der Waals surface area (Å²) in [6, 6.07) is 11.1. The fourth-order valence-corrected chi connectivity index (χ4v) is 2.78. The molecule has 1 saturated carbocycles. The van der Waals surface area contributed by atoms with E-state index in [2.05, 4.69) is 37.3 Å². The summed E-state index contributed by atoms with van der Waals surface area (Å²) in [5.74, 6) is 0. The van der Waals surface area contributed by atoms with E-state index in [0.29, 0.717) is 0 Å². The van der Waals surface area contributed by atoms with Crippen LogP contribution < -0.4 is 5.73 Å². The third kappa shape index (κ3) is 2.19. The van der Waals surface area contributed by atoms with E-state index in [1.165, 1.54) is 31.2 Å². The first-order valence-corrected chi connectivity index (χ1v) is 5.57. The fraction of sp³-hybridized carbons (Fsp3) is 0.538. The fourth-order valence-electron chi connectivity index (χ4n) is 2.78. The van der Waals surface area contributed by atoms with E-state index in [4.69, 9.17) is 5.73 Å². The van der Waals surface area contributed by atoms with Crippen LogP contribution in [0, 0.1) is 0 Å². The molecule has 1 atom stereocenters. The van der Waals surface area contributed by atoms with E-state index < -0.39 is 0 Å². The number of halogens is 1. The molecule has 1 unspecified atom stereocenters. The van der Waals surface area contributed by atoms with Gasteiger partial charge in [0, 0.05) is 11.5 Å². The van der Waals surface area contributed by atoms with Gasteiger partial charge in [-0.05, 0) is 25.3 Å². The van der Waals surface area contributed by atoms with Crippen LogP contribution in [0.3, 0.4) is 0 Å². The van der Waals surface area contributed by atoms with Gasteiger partial charge in [-0.15, -0.1) is 12.4 Å². The van der Waals surface area contributed by atoms with E-state index in [-0.39, 0.29) is 23.9 Å². The highest BCUT2D eigenvalue weighted by molar-refractivity contribution is 5.85. The molecular formula is C13H20ClN. The summed E-state index contributed by atoms with van der Waals surface area (Å²) in [5.41, 5.74) is 7.87. The van der Waals surface area contributed by atoms with Crippen LogP contribution in [0.1, 0.15) is 38.2 Å². The molecule has 1 aliphatic rings. The number of benzene rings is 1. The highest BCUT2D eigenvalue weighted by Gasteiger charge is 2.38. The summed E-state index contributed by atoms with van der Waals surface area (Å²) >= 11 is 0. The number of hydrogen-bond donors (Lipinski definition) is 1. The largest absolute Gasteiger partial charge is 0.327 e. The molecule has 84 valence electrons. The van der Waals surface area contributed by atoms with Crippen molar-refractivity contribution in [3.8, 4) is 0 Å². The quantitative estimate of drug-likeness (QED) is 0.822. The maximum absolute atomic E-state index is 6.16. The van der Waals surface area contributed by atoms with Gasteiger partial charge >= 0.3 is 0 Å². The molecule has 1 aliphatic carbocycles. The highest BCUT2D eigenvalue weighted by atomic mass is 35.5. The maximum Gasteiger partial charge on any atom is 0.0108 e. The van der Waals surface area contributed by atoms with Gasteiger partial charge in [0.05, 0.1) is 0 Å². The third-order valence-corrected chi connectivity index (χ3v) is 3.72. The molecule has 0 aromatic heterocycles. The lowest BCUT2D eigenvalue weighted by Gasteiger charge is -2.33. The zero-order valence-corrected chi connectivity index (χ0v) is 10.1. The molecule has 0 heterocycles. The Morgan fingerprint density at radius 3 is 2.13 bits per heavy atom. The molecule has 0 spiro atoms. The minimum atomic E-state index is 0. The third-order valence-electron chi connectivity index (χ3n) is 3.72. The zero-order chi connectivity index (χ0) is 10.0. The summed E-state index contributed by atoms with van der Waals surface area (Å²) < 4.78 is 0. The maximum atomic E-state index is 6.16. The lowest BCUT2D eigenvalue weighted by molar-refractivity contribution is 0.368. The predicted octanol–water partition coefficient (Wildman–Crippen LogP) is 3.27. The van der Waals surface area contributed by atoms with Gasteiger partial charge in [0.1, 0.15) is 0 Å². The molecule has 0 radical (unpaired) electrons. The van der Waals surface area contributed by atoms with Crippen molar-refractivity contribution in [2.24, 2.45) is 5.73 Å². The molecule has 1 nitrogen and oxygen atoms in total. The molecular weight excluding hydrogens is 206 g/mol. The second-order valence-corrected chi connectivity index (χ2v) is 4.52. The normalized spacial score (nSPS) is 20.7. The van der Waals surface area contributed by atoms with Crippen LogP contribution in [0.5, 0.6) is 0 Å². The van der Waals surface area contributed by atoms with Gasteiger partial charge < -0.3 is 5.73 Å². The first kappa shape index (κ1) is 12.5. The van der Waals surface area contributed by atoms with Crippen molar-refractivity contribution in [1.29, 1.82) is 0 Å². The van der Waals surface area contributed by atoms with Gasteiger partial charge in [-0.2, -0.15) is 0 Å². The van der Waals surface area contributed by atoms with Crippen LogP contribution in [0.4, 0.5) is 0 Å². The number of nitrogens with two attached hydrogens (primary N) is 1. The molecule has 0 bridgehead atoms. The molecule has 0 aliphatic heterocycles. The second-order valence-electron chi connectivity index (χ2n) is 4.52. The lowest BCUT2D eigenvalue weighted by atomic mass is 9.74. The second kappa shape index (κ2) is 5.00. The molecule has 2 heteroatoms. The van der Waals surface area contributed by atoms with Crippen molar-refractivity contribution in [1.82, 2.24) is 0 Å². The van der Waals surface area contributed by atoms with Crippen molar-refractivity contribution in [3.05, 3.63) is 35.9 Å². The van der Waals surface area contributed by atoms with Gasteiger partial charge in [-0.3, -0.25) is 0 Å². The van der Waals surface area contributed by atoms with Crippen LogP contribution in [0.25, 0.3) is 0 Å². The molecule has 1 aromatic carbocycles. The van der Waals surface area contributed by atoms with Crippen LogP contribution in [-0.2, 0) is 5.41 Å². The number of rotatable bonds is 2. The monoisotopic (exact) mass is 225 g/mol. The van der Waals surface area contributed by atoms with E-state index in [9.17, 15) is 0 Å². The zero-order valence-electron chi connectivity index (χ0n) is 9.28. The summed E-state index contributed by atoms with van der Waals surface area (Å²) in [6.07, 6.45) is 5.18. The Morgan fingerprint density at radius 2 is 1.67 bits per heavy atom. The average molecular weight is 226 g/mol. The standard InChI is InChI=1S/C13H19N.ClH/c1-11(14)13(9-5-6-10-13)12-7-3-2-4-8-12;/h2-4,7-8,11H,5-6,9-10,14H2,1H3;1H. The molecule has 15 heavy (non-hydrogen) atoms. The van der Waals surface area contributed by atoms with E-state index in [1.807, 2.05) is 0 Å². The minimum Gasteiger partial charge on any atom is -0.327 e. The van der Waals surface area contributed by atoms with E-state index in [0.717, 1.165) is 0 Å². The van der Waals surface area contributed by atoms with Crippen molar-refractivity contribution in [3.63, 3.8) is 0 Å². The van der Waals surface area contributed by atoms with E-state index in [1.54, 1.807) is 0 Å². The van der Waals surface area contributed by atoms with Gasteiger partial charge in [-0.1, -0.05) is 43.2 Å².